The molecule has 0 unspecified atom stereocenters. The van der Waals surface area contributed by atoms with Crippen molar-refractivity contribution < 1.29 is 0 Å². The van der Waals surface area contributed by atoms with Crippen molar-refractivity contribution in [2.75, 3.05) is 0 Å². The van der Waals surface area contributed by atoms with Gasteiger partial charge in [0.25, 0.3) is 0 Å². The van der Waals surface area contributed by atoms with Crippen LogP contribution in [0.1, 0.15) is 37.2 Å². The number of para-hydroxylation sites is 1. The van der Waals surface area contributed by atoms with Crippen LogP contribution in [0.2, 0.25) is 0 Å². The molecule has 3 heteroatoms. The summed E-state index contributed by atoms with van der Waals surface area (Å²) in [4.78, 5) is 3.40. The van der Waals surface area contributed by atoms with Crippen molar-refractivity contribution in [2.45, 2.75) is 36.9 Å². The predicted molar refractivity (Wildman–Crippen MR) is 84.9 cm³/mol. The van der Waals surface area contributed by atoms with E-state index in [1.54, 1.807) is 0 Å². The Hall–Kier alpha value is -0.160. The van der Waals surface area contributed by atoms with Crippen molar-refractivity contribution in [3.8, 4) is 0 Å². The summed E-state index contributed by atoms with van der Waals surface area (Å²) in [7, 11) is 2.01. The molecule has 0 atom stereocenters. The molecule has 0 radical (unpaired) electrons. The molecular formula is C14H16INS. The Kier molecular flexibility index (Phi) is 3.66. The normalized spacial score (nSPS) is 25.2. The van der Waals surface area contributed by atoms with Crippen molar-refractivity contribution >= 4 is 41.0 Å². The average molecular weight is 357 g/mol. The molecule has 17 heavy (non-hydrogen) atoms. The topological polar surface area (TPSA) is 15.8 Å². The molecule has 0 saturated heterocycles. The molecule has 0 bridgehead atoms. The Bertz CT molecular complexity index is 500. The number of fused-ring (bicyclic) bond motifs is 1. The third-order valence-corrected chi connectivity index (χ3v) is 6.74. The highest BCUT2D eigenvalue weighted by Gasteiger charge is 2.23. The van der Waals surface area contributed by atoms with Crippen LogP contribution in [0.4, 0.5) is 0 Å². The molecule has 1 aliphatic rings. The van der Waals surface area contributed by atoms with Gasteiger partial charge in [0.1, 0.15) is 0 Å². The van der Waals surface area contributed by atoms with Crippen molar-refractivity contribution in [2.24, 2.45) is 0 Å². The van der Waals surface area contributed by atoms with Gasteiger partial charge in [0.05, 0.1) is 0 Å². The zero-order valence-electron chi connectivity index (χ0n) is 9.66. The van der Waals surface area contributed by atoms with Crippen LogP contribution in [-0.2, 0) is 0 Å². The van der Waals surface area contributed by atoms with Crippen LogP contribution in [0.5, 0.6) is 0 Å². The summed E-state index contributed by atoms with van der Waals surface area (Å²) in [5.41, 5.74) is 2.82. The van der Waals surface area contributed by atoms with E-state index in [9.17, 15) is 0 Å². The molecule has 2 aromatic rings. The highest BCUT2D eigenvalue weighted by Crippen LogP contribution is 2.41. The minimum atomic E-state index is 0.769. The first-order valence-electron chi connectivity index (χ1n) is 6.22. The minimum Gasteiger partial charge on any atom is -0.361 e. The number of H-pyrrole nitrogens is 1. The molecule has 1 saturated carbocycles. The van der Waals surface area contributed by atoms with Crippen molar-refractivity contribution in [1.29, 1.82) is 0 Å². The first kappa shape index (κ1) is 11.9. The number of aromatic nitrogens is 1. The molecule has 3 rings (SSSR count). The molecule has 1 aromatic carbocycles. The Morgan fingerprint density at radius 2 is 1.88 bits per heavy atom. The third-order valence-electron chi connectivity index (χ3n) is 3.86. The summed E-state index contributed by atoms with van der Waals surface area (Å²) in [5.74, 6) is 0.769. The second-order valence-corrected chi connectivity index (χ2v) is 7.22. The van der Waals surface area contributed by atoms with Gasteiger partial charge in [-0.25, -0.2) is 0 Å². The molecule has 1 aromatic heterocycles. The van der Waals surface area contributed by atoms with E-state index in [0.717, 1.165) is 11.2 Å². The summed E-state index contributed by atoms with van der Waals surface area (Å²) >= 11 is 2.45. The number of hydrogen-bond donors (Lipinski definition) is 1. The van der Waals surface area contributed by atoms with Crippen LogP contribution in [0, 0.1) is 0 Å². The Morgan fingerprint density at radius 1 is 1.12 bits per heavy atom. The van der Waals surface area contributed by atoms with Crippen LogP contribution in [0.15, 0.2) is 30.5 Å². The van der Waals surface area contributed by atoms with Gasteiger partial charge < -0.3 is 4.98 Å². The van der Waals surface area contributed by atoms with Gasteiger partial charge in [0, 0.05) is 22.3 Å². The highest BCUT2D eigenvalue weighted by molar-refractivity contribution is 14.2. The first-order valence-corrected chi connectivity index (χ1v) is 9.64. The molecule has 1 nitrogen and oxygen atoms in total. The molecule has 1 fully saturated rings. The number of benzene rings is 1. The van der Waals surface area contributed by atoms with Gasteiger partial charge in [-0.1, -0.05) is 27.1 Å². The maximum atomic E-state index is 3.40. The molecule has 0 spiro atoms. The molecule has 0 amide bonds. The van der Waals surface area contributed by atoms with E-state index in [1.807, 2.05) is 8.93 Å². The average Bonchev–Trinajstić information content (AvgIpc) is 2.83. The van der Waals surface area contributed by atoms with Gasteiger partial charge in [-0.3, -0.25) is 0 Å². The first-order chi connectivity index (χ1) is 8.38. The lowest BCUT2D eigenvalue weighted by Crippen LogP contribution is -2.13. The van der Waals surface area contributed by atoms with Gasteiger partial charge >= 0.3 is 0 Å². The summed E-state index contributed by atoms with van der Waals surface area (Å²) in [5, 5.41) is 2.31. The minimum absolute atomic E-state index is 0.769. The smallest absolute Gasteiger partial charge is 0.0456 e. The number of aromatic amines is 1. The van der Waals surface area contributed by atoms with E-state index in [0.29, 0.717) is 0 Å². The van der Waals surface area contributed by atoms with Gasteiger partial charge in [-0.15, -0.1) is 0 Å². The largest absolute Gasteiger partial charge is 0.361 e. The lowest BCUT2D eigenvalue weighted by Gasteiger charge is -2.26. The summed E-state index contributed by atoms with van der Waals surface area (Å²) < 4.78 is 0. The van der Waals surface area contributed by atoms with E-state index < -0.39 is 0 Å². The Balaban J connectivity index is 1.85. The fourth-order valence-corrected chi connectivity index (χ4v) is 4.87. The number of rotatable bonds is 2. The molecule has 1 aliphatic carbocycles. The summed E-state index contributed by atoms with van der Waals surface area (Å²) in [6.45, 7) is 0. The standard InChI is InChI=1S/C14H16INS/c15-17-11-7-5-10(6-8-11)13-9-16-14-4-2-1-3-12(13)14/h1-4,9-11,16H,5-8H2. The fourth-order valence-electron chi connectivity index (χ4n) is 2.89. The van der Waals surface area contributed by atoms with E-state index in [1.165, 1.54) is 42.1 Å². The van der Waals surface area contributed by atoms with E-state index in [2.05, 4.69) is 56.7 Å². The fraction of sp³-hybridized carbons (Fsp3) is 0.429. The van der Waals surface area contributed by atoms with Crippen LogP contribution >= 0.6 is 30.1 Å². The summed E-state index contributed by atoms with van der Waals surface area (Å²) in [6.07, 6.45) is 7.67. The zero-order valence-corrected chi connectivity index (χ0v) is 12.6. The van der Waals surface area contributed by atoms with Crippen LogP contribution in [0.3, 0.4) is 0 Å². The zero-order chi connectivity index (χ0) is 11.7. The highest BCUT2D eigenvalue weighted by atomic mass is 127. The summed E-state index contributed by atoms with van der Waals surface area (Å²) in [6, 6.07) is 8.67. The quantitative estimate of drug-likeness (QED) is 0.724. The van der Waals surface area contributed by atoms with Crippen molar-refractivity contribution in [3.63, 3.8) is 0 Å². The maximum absolute atomic E-state index is 3.40. The second-order valence-electron chi connectivity index (χ2n) is 4.85. The number of nitrogens with one attached hydrogen (secondary N) is 1. The third kappa shape index (κ3) is 2.36. The number of hydrogen-bond acceptors (Lipinski definition) is 1. The van der Waals surface area contributed by atoms with Gasteiger partial charge in [-0.05, 0) is 64.4 Å². The Morgan fingerprint density at radius 3 is 2.65 bits per heavy atom. The van der Waals surface area contributed by atoms with E-state index >= 15 is 0 Å². The molecule has 1 N–H and O–H groups in total. The molecule has 1 heterocycles. The Labute approximate surface area is 118 Å². The van der Waals surface area contributed by atoms with Gasteiger partial charge in [0.15, 0.2) is 0 Å². The number of halogens is 1. The molecule has 90 valence electrons. The maximum Gasteiger partial charge on any atom is 0.0456 e. The molecular weight excluding hydrogens is 341 g/mol. The second kappa shape index (κ2) is 5.22. The lowest BCUT2D eigenvalue weighted by atomic mass is 9.84. The van der Waals surface area contributed by atoms with E-state index in [4.69, 9.17) is 0 Å². The van der Waals surface area contributed by atoms with Crippen LogP contribution in [0.25, 0.3) is 10.9 Å². The predicted octanol–water partition coefficient (Wildman–Crippen LogP) is 5.28. The van der Waals surface area contributed by atoms with Crippen LogP contribution < -0.4 is 0 Å². The SMILES string of the molecule is ISC1CCC(c2c[nH]c3ccccc23)CC1. The lowest BCUT2D eigenvalue weighted by molar-refractivity contribution is 0.456. The van der Waals surface area contributed by atoms with Crippen molar-refractivity contribution in [3.05, 3.63) is 36.0 Å². The van der Waals surface area contributed by atoms with E-state index in [-0.39, 0.29) is 0 Å². The van der Waals surface area contributed by atoms with Gasteiger partial charge in [-0.2, -0.15) is 0 Å². The molecule has 0 aliphatic heterocycles. The van der Waals surface area contributed by atoms with Crippen molar-refractivity contribution in [1.82, 2.24) is 4.98 Å². The monoisotopic (exact) mass is 357 g/mol. The van der Waals surface area contributed by atoms with Crippen LogP contribution in [-0.4, -0.2) is 10.2 Å². The van der Waals surface area contributed by atoms with Gasteiger partial charge in [0.2, 0.25) is 0 Å².